The molecule has 3 aromatic heterocycles. The van der Waals surface area contributed by atoms with Gasteiger partial charge >= 0.3 is 0 Å². The number of ketones is 1. The maximum Gasteiger partial charge on any atom is 0.209 e. The van der Waals surface area contributed by atoms with E-state index in [0.29, 0.717) is 12.4 Å². The van der Waals surface area contributed by atoms with E-state index in [2.05, 4.69) is 5.32 Å². The van der Waals surface area contributed by atoms with Crippen molar-refractivity contribution in [2.75, 3.05) is 32.3 Å². The van der Waals surface area contributed by atoms with Crippen LogP contribution in [0.5, 0.6) is 5.75 Å². The molecule has 0 fully saturated rings. The lowest BCUT2D eigenvalue weighted by Gasteiger charge is -2.17. The van der Waals surface area contributed by atoms with Crippen molar-refractivity contribution >= 4 is 33.7 Å². The van der Waals surface area contributed by atoms with E-state index < -0.39 is 23.1 Å². The first-order chi connectivity index (χ1) is 18.2. The van der Waals surface area contributed by atoms with E-state index in [-0.39, 0.29) is 11.3 Å². The Morgan fingerprint density at radius 1 is 1.16 bits per heavy atom. The first-order valence-electron chi connectivity index (χ1n) is 11.8. The molecule has 0 aliphatic rings. The Hall–Kier alpha value is -4.44. The van der Waals surface area contributed by atoms with Crippen LogP contribution in [0.4, 0.5) is 20.2 Å². The smallest absolute Gasteiger partial charge is 0.209 e. The summed E-state index contributed by atoms with van der Waals surface area (Å²) in [5.74, 6) is -1.13. The number of carbonyl (C=O) groups is 1. The Morgan fingerprint density at radius 3 is 2.50 bits per heavy atom. The summed E-state index contributed by atoms with van der Waals surface area (Å²) in [6.45, 7) is 2.22. The average Bonchev–Trinajstić information content (AvgIpc) is 3.41. The second-order valence-electron chi connectivity index (χ2n) is 9.00. The van der Waals surface area contributed by atoms with Crippen molar-refractivity contribution in [2.24, 2.45) is 7.05 Å². The number of carbonyl (C=O) groups excluding carboxylic acids is 1. The predicted molar refractivity (Wildman–Crippen MR) is 143 cm³/mol. The SMILES string of the molecule is CNc1c(-c2cccn3c(C(=O)c4cc(F)c(N)c(F)c4)cc(C)c23)c(OC)cc2c1nc(COC)n2C. The van der Waals surface area contributed by atoms with Crippen LogP contribution in [0.15, 0.2) is 42.6 Å². The third-order valence-electron chi connectivity index (χ3n) is 6.80. The number of imidazole rings is 1. The number of hydrogen-bond acceptors (Lipinski definition) is 6. The van der Waals surface area contributed by atoms with Crippen LogP contribution < -0.4 is 15.8 Å². The molecular formula is C28H27F2N5O3. The van der Waals surface area contributed by atoms with Gasteiger partial charge < -0.3 is 29.5 Å². The fourth-order valence-electron chi connectivity index (χ4n) is 4.97. The molecule has 0 bridgehead atoms. The summed E-state index contributed by atoms with van der Waals surface area (Å²) in [5, 5.41) is 3.28. The maximum absolute atomic E-state index is 14.1. The van der Waals surface area contributed by atoms with Crippen LogP contribution in [-0.4, -0.2) is 41.0 Å². The molecule has 0 spiro atoms. The fourth-order valence-corrected chi connectivity index (χ4v) is 4.97. The van der Waals surface area contributed by atoms with E-state index in [9.17, 15) is 13.6 Å². The summed E-state index contributed by atoms with van der Waals surface area (Å²) in [4.78, 5) is 18.2. The van der Waals surface area contributed by atoms with E-state index in [0.717, 1.165) is 56.9 Å². The molecule has 0 saturated heterocycles. The minimum atomic E-state index is -0.980. The Labute approximate surface area is 217 Å². The highest BCUT2D eigenvalue weighted by molar-refractivity contribution is 6.10. The molecule has 10 heteroatoms. The number of nitrogens with one attached hydrogen (secondary N) is 1. The number of benzene rings is 2. The van der Waals surface area contributed by atoms with Crippen molar-refractivity contribution in [1.29, 1.82) is 0 Å². The number of ether oxygens (including phenoxy) is 2. The van der Waals surface area contributed by atoms with Crippen LogP contribution in [0.25, 0.3) is 27.7 Å². The Bertz CT molecular complexity index is 1720. The number of hydrogen-bond donors (Lipinski definition) is 2. The number of pyridine rings is 1. The van der Waals surface area contributed by atoms with Gasteiger partial charge in [-0.15, -0.1) is 0 Å². The number of aromatic nitrogens is 3. The number of nitrogen functional groups attached to an aromatic ring is 1. The molecule has 196 valence electrons. The number of aryl methyl sites for hydroxylation is 2. The van der Waals surface area contributed by atoms with Gasteiger partial charge in [0.2, 0.25) is 5.78 Å². The number of nitrogens with zero attached hydrogens (tertiary/aromatic N) is 3. The van der Waals surface area contributed by atoms with E-state index in [1.165, 1.54) is 0 Å². The number of rotatable bonds is 7. The van der Waals surface area contributed by atoms with Crippen molar-refractivity contribution in [3.05, 3.63) is 76.9 Å². The summed E-state index contributed by atoms with van der Waals surface area (Å²) in [6.07, 6.45) is 1.74. The third kappa shape index (κ3) is 3.76. The monoisotopic (exact) mass is 519 g/mol. The van der Waals surface area contributed by atoms with Crippen molar-refractivity contribution in [3.8, 4) is 16.9 Å². The summed E-state index contributed by atoms with van der Waals surface area (Å²) in [6, 6.07) is 9.27. The molecule has 3 heterocycles. The first kappa shape index (κ1) is 25.2. The van der Waals surface area contributed by atoms with Crippen LogP contribution in [0.2, 0.25) is 0 Å². The highest BCUT2D eigenvalue weighted by Crippen LogP contribution is 2.44. The molecule has 8 nitrogen and oxygen atoms in total. The van der Waals surface area contributed by atoms with Crippen LogP contribution in [-0.2, 0) is 18.4 Å². The number of methoxy groups -OCH3 is 2. The molecule has 5 aromatic rings. The van der Waals surface area contributed by atoms with E-state index in [1.807, 2.05) is 37.7 Å². The van der Waals surface area contributed by atoms with Gasteiger partial charge in [-0.25, -0.2) is 13.8 Å². The highest BCUT2D eigenvalue weighted by atomic mass is 19.1. The quantitative estimate of drug-likeness (QED) is 0.230. The van der Waals surface area contributed by atoms with E-state index >= 15 is 0 Å². The molecule has 2 aromatic carbocycles. The molecule has 0 atom stereocenters. The molecule has 0 amide bonds. The van der Waals surface area contributed by atoms with Crippen LogP contribution >= 0.6 is 0 Å². The van der Waals surface area contributed by atoms with Gasteiger partial charge in [-0.05, 0) is 36.8 Å². The van der Waals surface area contributed by atoms with Gasteiger partial charge in [0.25, 0.3) is 0 Å². The molecular weight excluding hydrogens is 492 g/mol. The van der Waals surface area contributed by atoms with Crippen molar-refractivity contribution < 1.29 is 23.0 Å². The van der Waals surface area contributed by atoms with Gasteiger partial charge in [0, 0.05) is 44.6 Å². The number of nitrogens with two attached hydrogens (primary N) is 1. The second-order valence-corrected chi connectivity index (χ2v) is 9.00. The lowest BCUT2D eigenvalue weighted by Crippen LogP contribution is -2.08. The van der Waals surface area contributed by atoms with Gasteiger partial charge in [-0.2, -0.15) is 0 Å². The standard InChI is InChI=1S/C28H27F2N5O3/c1-14-9-20(28(36)15-10-17(29)24(31)18(30)11-15)35-8-6-7-16(27(14)35)23-21(38-5)12-19-25(26(23)32-2)33-22(13-37-4)34(19)3/h6-12,32H,13,31H2,1-5H3. The second kappa shape index (κ2) is 9.46. The van der Waals surface area contributed by atoms with Crippen molar-refractivity contribution in [2.45, 2.75) is 13.5 Å². The van der Waals surface area contributed by atoms with E-state index in [4.69, 9.17) is 20.2 Å². The van der Waals surface area contributed by atoms with Gasteiger partial charge in [-0.1, -0.05) is 6.07 Å². The highest BCUT2D eigenvalue weighted by Gasteiger charge is 2.25. The van der Waals surface area contributed by atoms with Crippen LogP contribution in [0.3, 0.4) is 0 Å². The minimum Gasteiger partial charge on any atom is -0.496 e. The fraction of sp³-hybridized carbons (Fsp3) is 0.214. The normalized spacial score (nSPS) is 11.4. The van der Waals surface area contributed by atoms with Gasteiger partial charge in [0.1, 0.15) is 41.0 Å². The van der Waals surface area contributed by atoms with Crippen LogP contribution in [0.1, 0.15) is 27.4 Å². The molecule has 5 rings (SSSR count). The average molecular weight is 520 g/mol. The topological polar surface area (TPSA) is 95.8 Å². The molecule has 0 saturated carbocycles. The minimum absolute atomic E-state index is 0.131. The zero-order valence-corrected chi connectivity index (χ0v) is 21.6. The Morgan fingerprint density at radius 2 is 1.87 bits per heavy atom. The number of fused-ring (bicyclic) bond motifs is 2. The number of halogens is 2. The Kier molecular flexibility index (Phi) is 6.28. The van der Waals surface area contributed by atoms with Crippen molar-refractivity contribution in [3.63, 3.8) is 0 Å². The lowest BCUT2D eigenvalue weighted by atomic mass is 9.99. The molecule has 0 aliphatic carbocycles. The summed E-state index contributed by atoms with van der Waals surface area (Å²) >= 11 is 0. The van der Waals surface area contributed by atoms with E-state index in [1.54, 1.807) is 36.9 Å². The van der Waals surface area contributed by atoms with Crippen molar-refractivity contribution in [1.82, 2.24) is 14.0 Å². The third-order valence-corrected chi connectivity index (χ3v) is 6.80. The van der Waals surface area contributed by atoms with Crippen LogP contribution in [0, 0.1) is 18.6 Å². The number of anilines is 2. The van der Waals surface area contributed by atoms with Gasteiger partial charge in [-0.3, -0.25) is 4.79 Å². The predicted octanol–water partition coefficient (Wildman–Crippen LogP) is 5.09. The molecule has 38 heavy (non-hydrogen) atoms. The largest absolute Gasteiger partial charge is 0.496 e. The summed E-state index contributed by atoms with van der Waals surface area (Å²) in [5.41, 5.74) is 10.4. The first-order valence-corrected chi connectivity index (χ1v) is 11.8. The van der Waals surface area contributed by atoms with Gasteiger partial charge in [0.15, 0.2) is 0 Å². The van der Waals surface area contributed by atoms with Gasteiger partial charge in [0.05, 0.1) is 35.1 Å². The molecule has 0 radical (unpaired) electrons. The Balaban J connectivity index is 1.77. The molecule has 3 N–H and O–H groups in total. The zero-order chi connectivity index (χ0) is 27.3. The summed E-state index contributed by atoms with van der Waals surface area (Å²) in [7, 11) is 6.95. The lowest BCUT2D eigenvalue weighted by molar-refractivity contribution is 0.103. The zero-order valence-electron chi connectivity index (χ0n) is 21.6. The molecule has 0 unspecified atom stereocenters. The molecule has 0 aliphatic heterocycles. The maximum atomic E-state index is 14.1. The summed E-state index contributed by atoms with van der Waals surface area (Å²) < 4.78 is 43.1.